The number of halogens is 2. The van der Waals surface area contributed by atoms with Crippen LogP contribution in [0.5, 0.6) is 0 Å². The number of amides is 1. The van der Waals surface area contributed by atoms with Crippen LogP contribution in [0.25, 0.3) is 0 Å². The summed E-state index contributed by atoms with van der Waals surface area (Å²) in [7, 11) is 0. The minimum atomic E-state index is -0.459. The van der Waals surface area contributed by atoms with E-state index in [1.165, 1.54) is 18.2 Å². The number of carbonyl (C=O) groups excluding carboxylic acids is 1. The molecule has 0 radical (unpaired) electrons. The highest BCUT2D eigenvalue weighted by atomic mass is 79.9. The van der Waals surface area contributed by atoms with E-state index in [0.29, 0.717) is 10.2 Å². The van der Waals surface area contributed by atoms with Gasteiger partial charge in [0.1, 0.15) is 5.82 Å². The second kappa shape index (κ2) is 5.30. The molecule has 4 nitrogen and oxygen atoms in total. The first-order chi connectivity index (χ1) is 8.56. The fourth-order valence-electron chi connectivity index (χ4n) is 1.43. The molecule has 1 aromatic carbocycles. The molecule has 0 atom stereocenters. The molecule has 0 spiro atoms. The molecule has 2 rings (SSSR count). The summed E-state index contributed by atoms with van der Waals surface area (Å²) in [5, 5.41) is 6.33. The molecule has 0 aliphatic heterocycles. The van der Waals surface area contributed by atoms with Crippen molar-refractivity contribution in [2.24, 2.45) is 0 Å². The Morgan fingerprint density at radius 3 is 2.94 bits per heavy atom. The first-order valence-electron chi connectivity index (χ1n) is 5.21. The Balaban J connectivity index is 2.05. The maximum absolute atomic E-state index is 13.0. The van der Waals surface area contributed by atoms with Gasteiger partial charge >= 0.3 is 0 Å². The Hall–Kier alpha value is -1.69. The third-order valence-electron chi connectivity index (χ3n) is 2.27. The zero-order chi connectivity index (χ0) is 13.1. The molecule has 0 aliphatic carbocycles. The van der Waals surface area contributed by atoms with Crippen molar-refractivity contribution in [3.8, 4) is 0 Å². The van der Waals surface area contributed by atoms with Gasteiger partial charge in [0.15, 0.2) is 5.76 Å². The van der Waals surface area contributed by atoms with Crippen LogP contribution in [0.3, 0.4) is 0 Å². The Kier molecular flexibility index (Phi) is 3.76. The van der Waals surface area contributed by atoms with E-state index in [0.717, 1.165) is 5.69 Å². The maximum Gasteiger partial charge on any atom is 0.252 e. The SMILES string of the molecule is Cc1cc(CNC(=O)c2cc(F)ccc2Br)on1. The van der Waals surface area contributed by atoms with Crippen LogP contribution in [-0.2, 0) is 6.54 Å². The molecule has 0 fully saturated rings. The van der Waals surface area contributed by atoms with Crippen LogP contribution in [-0.4, -0.2) is 11.1 Å². The molecule has 1 N–H and O–H groups in total. The Bertz CT molecular complexity index is 583. The third kappa shape index (κ3) is 2.95. The van der Waals surface area contributed by atoms with Gasteiger partial charge in [-0.25, -0.2) is 4.39 Å². The van der Waals surface area contributed by atoms with Gasteiger partial charge in [0.2, 0.25) is 0 Å². The number of carbonyl (C=O) groups is 1. The van der Waals surface area contributed by atoms with Crippen LogP contribution in [0, 0.1) is 12.7 Å². The highest BCUT2D eigenvalue weighted by Crippen LogP contribution is 2.17. The van der Waals surface area contributed by atoms with Gasteiger partial charge in [-0.1, -0.05) is 5.16 Å². The summed E-state index contributed by atoms with van der Waals surface area (Å²) in [6.45, 7) is 2.00. The van der Waals surface area contributed by atoms with Crippen molar-refractivity contribution in [3.05, 3.63) is 51.6 Å². The average Bonchev–Trinajstić information content (AvgIpc) is 2.75. The van der Waals surface area contributed by atoms with Gasteiger partial charge < -0.3 is 9.84 Å². The molecule has 0 bridgehead atoms. The van der Waals surface area contributed by atoms with Crippen LogP contribution in [0.2, 0.25) is 0 Å². The van der Waals surface area contributed by atoms with Crippen molar-refractivity contribution in [2.75, 3.05) is 0 Å². The number of benzene rings is 1. The maximum atomic E-state index is 13.0. The number of nitrogens with one attached hydrogen (secondary N) is 1. The number of aryl methyl sites for hydroxylation is 1. The Morgan fingerprint density at radius 2 is 2.28 bits per heavy atom. The van der Waals surface area contributed by atoms with Crippen molar-refractivity contribution in [1.82, 2.24) is 10.5 Å². The quantitative estimate of drug-likeness (QED) is 0.948. The highest BCUT2D eigenvalue weighted by Gasteiger charge is 2.11. The van der Waals surface area contributed by atoms with Crippen molar-refractivity contribution >= 4 is 21.8 Å². The molecule has 18 heavy (non-hydrogen) atoms. The third-order valence-corrected chi connectivity index (χ3v) is 2.96. The van der Waals surface area contributed by atoms with Gasteiger partial charge in [0.25, 0.3) is 5.91 Å². The lowest BCUT2D eigenvalue weighted by molar-refractivity contribution is 0.0946. The molecule has 0 unspecified atom stereocenters. The van der Waals surface area contributed by atoms with E-state index < -0.39 is 5.82 Å². The monoisotopic (exact) mass is 312 g/mol. The van der Waals surface area contributed by atoms with Crippen molar-refractivity contribution in [2.45, 2.75) is 13.5 Å². The van der Waals surface area contributed by atoms with Gasteiger partial charge in [-0.05, 0) is 41.1 Å². The van der Waals surface area contributed by atoms with E-state index in [1.807, 2.05) is 0 Å². The van der Waals surface area contributed by atoms with E-state index in [2.05, 4.69) is 26.4 Å². The second-order valence-electron chi connectivity index (χ2n) is 3.74. The molecule has 0 saturated heterocycles. The molecule has 1 aromatic heterocycles. The fourth-order valence-corrected chi connectivity index (χ4v) is 1.86. The molecule has 6 heteroatoms. The molecule has 1 amide bonds. The normalized spacial score (nSPS) is 10.4. The molecule has 0 saturated carbocycles. The van der Waals surface area contributed by atoms with E-state index in [4.69, 9.17) is 4.52 Å². The minimum Gasteiger partial charge on any atom is -0.359 e. The van der Waals surface area contributed by atoms with Crippen LogP contribution in [0.4, 0.5) is 4.39 Å². The standard InChI is InChI=1S/C12H10BrFN2O2/c1-7-4-9(18-16-7)6-15-12(17)10-5-8(14)2-3-11(10)13/h2-5H,6H2,1H3,(H,15,17). The van der Waals surface area contributed by atoms with Crippen molar-refractivity contribution < 1.29 is 13.7 Å². The van der Waals surface area contributed by atoms with Gasteiger partial charge in [-0.15, -0.1) is 0 Å². The van der Waals surface area contributed by atoms with Gasteiger partial charge in [0.05, 0.1) is 17.8 Å². The summed E-state index contributed by atoms with van der Waals surface area (Å²) in [6, 6.07) is 5.66. The van der Waals surface area contributed by atoms with E-state index in [-0.39, 0.29) is 18.0 Å². The van der Waals surface area contributed by atoms with Crippen LogP contribution in [0.15, 0.2) is 33.3 Å². The number of hydrogen-bond donors (Lipinski definition) is 1. The lowest BCUT2D eigenvalue weighted by Gasteiger charge is -2.05. The minimum absolute atomic E-state index is 0.211. The summed E-state index contributed by atoms with van der Waals surface area (Å²) in [5.74, 6) is -0.289. The summed E-state index contributed by atoms with van der Waals surface area (Å²) >= 11 is 3.20. The highest BCUT2D eigenvalue weighted by molar-refractivity contribution is 9.10. The molecule has 0 aliphatic rings. The molecule has 94 valence electrons. The number of rotatable bonds is 3. The summed E-state index contributed by atoms with van der Waals surface area (Å²) < 4.78 is 18.5. The molecule has 1 heterocycles. The van der Waals surface area contributed by atoms with Gasteiger partial charge in [-0.3, -0.25) is 4.79 Å². The predicted octanol–water partition coefficient (Wildman–Crippen LogP) is 2.81. The zero-order valence-electron chi connectivity index (χ0n) is 9.54. The second-order valence-corrected chi connectivity index (χ2v) is 4.60. The van der Waals surface area contributed by atoms with E-state index in [1.54, 1.807) is 13.0 Å². The summed E-state index contributed by atoms with van der Waals surface area (Å²) in [5.41, 5.74) is 0.984. The lowest BCUT2D eigenvalue weighted by Crippen LogP contribution is -2.23. The number of aromatic nitrogens is 1. The van der Waals surface area contributed by atoms with Crippen molar-refractivity contribution in [1.29, 1.82) is 0 Å². The van der Waals surface area contributed by atoms with Crippen LogP contribution < -0.4 is 5.32 Å². The van der Waals surface area contributed by atoms with Crippen LogP contribution in [0.1, 0.15) is 21.8 Å². The van der Waals surface area contributed by atoms with Crippen LogP contribution >= 0.6 is 15.9 Å². The number of hydrogen-bond acceptors (Lipinski definition) is 3. The number of nitrogens with zero attached hydrogens (tertiary/aromatic N) is 1. The van der Waals surface area contributed by atoms with Gasteiger partial charge in [0, 0.05) is 10.5 Å². The molecular weight excluding hydrogens is 303 g/mol. The topological polar surface area (TPSA) is 55.1 Å². The van der Waals surface area contributed by atoms with Crippen molar-refractivity contribution in [3.63, 3.8) is 0 Å². The average molecular weight is 313 g/mol. The fraction of sp³-hybridized carbons (Fsp3) is 0.167. The predicted molar refractivity (Wildman–Crippen MR) is 66.5 cm³/mol. The zero-order valence-corrected chi connectivity index (χ0v) is 11.1. The smallest absolute Gasteiger partial charge is 0.252 e. The molecule has 2 aromatic rings. The lowest BCUT2D eigenvalue weighted by atomic mass is 10.2. The van der Waals surface area contributed by atoms with E-state index >= 15 is 0 Å². The van der Waals surface area contributed by atoms with Gasteiger partial charge in [-0.2, -0.15) is 0 Å². The first kappa shape index (κ1) is 12.8. The Labute approximate surface area is 111 Å². The largest absolute Gasteiger partial charge is 0.359 e. The molecular formula is C12H10BrFN2O2. The van der Waals surface area contributed by atoms with E-state index in [9.17, 15) is 9.18 Å². The summed E-state index contributed by atoms with van der Waals surface area (Å²) in [4.78, 5) is 11.8. The first-order valence-corrected chi connectivity index (χ1v) is 6.01. The summed E-state index contributed by atoms with van der Waals surface area (Å²) in [6.07, 6.45) is 0. The Morgan fingerprint density at radius 1 is 1.50 bits per heavy atom.